The minimum absolute atomic E-state index is 0.720. The molecule has 1 aromatic heterocycles. The number of benzene rings is 1. The van der Waals surface area contributed by atoms with Crippen molar-refractivity contribution >= 4 is 6.21 Å². The normalized spacial score (nSPS) is 10.9. The third-order valence-corrected chi connectivity index (χ3v) is 2.65. The molecule has 2 rings (SSSR count). The van der Waals surface area contributed by atoms with E-state index in [0.29, 0.717) is 0 Å². The molecule has 6 heteroatoms. The van der Waals surface area contributed by atoms with Crippen molar-refractivity contribution in [1.82, 2.24) is 14.9 Å². The third kappa shape index (κ3) is 2.90. The zero-order chi connectivity index (χ0) is 13.8. The smallest absolute Gasteiger partial charge is 0.151 e. The summed E-state index contributed by atoms with van der Waals surface area (Å²) in [5.41, 5.74) is 0.878. The molecule has 1 aromatic carbocycles. The quantitative estimate of drug-likeness (QED) is 0.786. The van der Waals surface area contributed by atoms with Crippen molar-refractivity contribution in [2.24, 2.45) is 5.10 Å². The second kappa shape index (κ2) is 5.51. The van der Waals surface area contributed by atoms with Gasteiger partial charge < -0.3 is 9.47 Å². The van der Waals surface area contributed by atoms with Crippen LogP contribution < -0.4 is 9.47 Å². The number of nitrogens with zero attached hydrogens (tertiary/aromatic N) is 4. The summed E-state index contributed by atoms with van der Waals surface area (Å²) in [4.78, 5) is 0. The van der Waals surface area contributed by atoms with E-state index in [9.17, 15) is 0 Å². The van der Waals surface area contributed by atoms with Crippen LogP contribution in [0, 0.1) is 13.8 Å². The zero-order valence-corrected chi connectivity index (χ0v) is 11.4. The van der Waals surface area contributed by atoms with Crippen LogP contribution in [-0.2, 0) is 0 Å². The van der Waals surface area contributed by atoms with E-state index in [-0.39, 0.29) is 0 Å². The van der Waals surface area contributed by atoms with Gasteiger partial charge in [0.1, 0.15) is 11.5 Å². The van der Waals surface area contributed by atoms with Crippen LogP contribution in [0.4, 0.5) is 0 Å². The Morgan fingerprint density at radius 2 is 1.53 bits per heavy atom. The topological polar surface area (TPSA) is 61.5 Å². The Balaban J connectivity index is 2.32. The average Bonchev–Trinajstić information content (AvgIpc) is 2.75. The Labute approximate surface area is 111 Å². The first-order chi connectivity index (χ1) is 9.13. The molecule has 6 nitrogen and oxygen atoms in total. The molecule has 0 saturated carbocycles. The Hall–Kier alpha value is -2.37. The van der Waals surface area contributed by atoms with Crippen LogP contribution in [0.1, 0.15) is 17.2 Å². The summed E-state index contributed by atoms with van der Waals surface area (Å²) < 4.78 is 12.1. The molecule has 2 aromatic rings. The van der Waals surface area contributed by atoms with E-state index in [2.05, 4.69) is 15.3 Å². The van der Waals surface area contributed by atoms with Gasteiger partial charge in [-0.25, -0.2) is 4.68 Å². The summed E-state index contributed by atoms with van der Waals surface area (Å²) in [6, 6.07) is 5.56. The van der Waals surface area contributed by atoms with Crippen molar-refractivity contribution < 1.29 is 9.47 Å². The highest BCUT2D eigenvalue weighted by Crippen LogP contribution is 2.21. The molecular formula is C13H16N4O2. The molecule has 0 aliphatic rings. The Bertz CT molecular complexity index is 563. The van der Waals surface area contributed by atoms with Gasteiger partial charge >= 0.3 is 0 Å². The first-order valence-corrected chi connectivity index (χ1v) is 5.80. The van der Waals surface area contributed by atoms with Gasteiger partial charge in [0.15, 0.2) is 11.6 Å². The molecular weight excluding hydrogens is 244 g/mol. The summed E-state index contributed by atoms with van der Waals surface area (Å²) in [5.74, 6) is 2.92. The highest BCUT2D eigenvalue weighted by molar-refractivity contribution is 5.81. The predicted molar refractivity (Wildman–Crippen MR) is 72.0 cm³/mol. The predicted octanol–water partition coefficient (Wildman–Crippen LogP) is 1.79. The number of aromatic nitrogens is 3. The van der Waals surface area contributed by atoms with Crippen LogP contribution in [0.3, 0.4) is 0 Å². The Morgan fingerprint density at radius 3 is 2.00 bits per heavy atom. The molecule has 0 fully saturated rings. The fourth-order valence-corrected chi connectivity index (χ4v) is 1.66. The van der Waals surface area contributed by atoms with Gasteiger partial charge in [0.05, 0.1) is 20.4 Å². The molecule has 0 unspecified atom stereocenters. The van der Waals surface area contributed by atoms with Crippen LogP contribution in [0.15, 0.2) is 23.3 Å². The fourth-order valence-electron chi connectivity index (χ4n) is 1.66. The van der Waals surface area contributed by atoms with Gasteiger partial charge in [-0.05, 0) is 26.0 Å². The van der Waals surface area contributed by atoms with E-state index in [0.717, 1.165) is 28.7 Å². The SMILES string of the molecule is COc1cc(/C=N\n2c(C)nnc2C)cc(OC)c1. The minimum atomic E-state index is 0.720. The summed E-state index contributed by atoms with van der Waals surface area (Å²) in [7, 11) is 3.23. The maximum absolute atomic E-state index is 5.21. The van der Waals surface area contributed by atoms with Crippen molar-refractivity contribution in [2.45, 2.75) is 13.8 Å². The lowest BCUT2D eigenvalue weighted by Gasteiger charge is -2.05. The van der Waals surface area contributed by atoms with E-state index in [1.54, 1.807) is 25.1 Å². The van der Waals surface area contributed by atoms with Crippen molar-refractivity contribution in [3.05, 3.63) is 35.4 Å². The van der Waals surface area contributed by atoms with Gasteiger partial charge in [0.25, 0.3) is 0 Å². The highest BCUT2D eigenvalue weighted by atomic mass is 16.5. The fraction of sp³-hybridized carbons (Fsp3) is 0.308. The maximum atomic E-state index is 5.21. The van der Waals surface area contributed by atoms with E-state index in [1.165, 1.54) is 0 Å². The summed E-state index contributed by atoms with van der Waals surface area (Å²) in [6.07, 6.45) is 1.72. The van der Waals surface area contributed by atoms with Gasteiger partial charge in [0.2, 0.25) is 0 Å². The molecule has 100 valence electrons. The van der Waals surface area contributed by atoms with E-state index >= 15 is 0 Å². The summed E-state index contributed by atoms with van der Waals surface area (Å²) in [6.45, 7) is 3.70. The number of methoxy groups -OCH3 is 2. The van der Waals surface area contributed by atoms with Crippen LogP contribution in [0.5, 0.6) is 11.5 Å². The number of ether oxygens (including phenoxy) is 2. The average molecular weight is 260 g/mol. The standard InChI is InChI=1S/C13H16N4O2/c1-9-15-16-10(2)17(9)14-8-11-5-12(18-3)7-13(6-11)19-4/h5-8H,1-4H3/b14-8-. The van der Waals surface area contributed by atoms with Crippen molar-refractivity contribution in [2.75, 3.05) is 14.2 Å². The largest absolute Gasteiger partial charge is 0.497 e. The molecule has 0 N–H and O–H groups in total. The Kier molecular flexibility index (Phi) is 3.79. The zero-order valence-electron chi connectivity index (χ0n) is 11.4. The van der Waals surface area contributed by atoms with Crippen molar-refractivity contribution in [3.63, 3.8) is 0 Å². The number of hydrogen-bond donors (Lipinski definition) is 0. The summed E-state index contributed by atoms with van der Waals surface area (Å²) >= 11 is 0. The molecule has 1 heterocycles. The number of aryl methyl sites for hydroxylation is 2. The molecule has 19 heavy (non-hydrogen) atoms. The van der Waals surface area contributed by atoms with Crippen molar-refractivity contribution in [3.8, 4) is 11.5 Å². The lowest BCUT2D eigenvalue weighted by molar-refractivity contribution is 0.394. The number of rotatable bonds is 4. The van der Waals surface area contributed by atoms with Gasteiger partial charge in [0, 0.05) is 11.6 Å². The van der Waals surface area contributed by atoms with Gasteiger partial charge in [-0.3, -0.25) is 0 Å². The molecule has 0 bridgehead atoms. The van der Waals surface area contributed by atoms with Crippen molar-refractivity contribution in [1.29, 1.82) is 0 Å². The molecule has 0 aliphatic heterocycles. The van der Waals surface area contributed by atoms with E-state index < -0.39 is 0 Å². The van der Waals surface area contributed by atoms with Crippen LogP contribution >= 0.6 is 0 Å². The molecule has 0 saturated heterocycles. The third-order valence-electron chi connectivity index (χ3n) is 2.65. The van der Waals surface area contributed by atoms with Gasteiger partial charge in [-0.1, -0.05) is 0 Å². The van der Waals surface area contributed by atoms with Gasteiger partial charge in [-0.2, -0.15) is 5.10 Å². The second-order valence-electron chi connectivity index (χ2n) is 4.00. The van der Waals surface area contributed by atoms with Gasteiger partial charge in [-0.15, -0.1) is 10.2 Å². The molecule has 0 aliphatic carbocycles. The minimum Gasteiger partial charge on any atom is -0.497 e. The highest BCUT2D eigenvalue weighted by Gasteiger charge is 2.03. The molecule has 0 spiro atoms. The monoisotopic (exact) mass is 260 g/mol. The lowest BCUT2D eigenvalue weighted by atomic mass is 10.2. The van der Waals surface area contributed by atoms with E-state index in [1.807, 2.05) is 32.0 Å². The van der Waals surface area contributed by atoms with Crippen LogP contribution in [0.25, 0.3) is 0 Å². The number of hydrogen-bond acceptors (Lipinski definition) is 5. The first-order valence-electron chi connectivity index (χ1n) is 5.80. The molecule has 0 amide bonds. The van der Waals surface area contributed by atoms with Crippen LogP contribution in [-0.4, -0.2) is 35.3 Å². The van der Waals surface area contributed by atoms with E-state index in [4.69, 9.17) is 9.47 Å². The van der Waals surface area contributed by atoms with Crippen LogP contribution in [0.2, 0.25) is 0 Å². The molecule has 0 radical (unpaired) electrons. The second-order valence-corrected chi connectivity index (χ2v) is 4.00. The first kappa shape index (κ1) is 13.1. The lowest BCUT2D eigenvalue weighted by Crippen LogP contribution is -1.97. The maximum Gasteiger partial charge on any atom is 0.151 e. The Morgan fingerprint density at radius 1 is 1.00 bits per heavy atom. The molecule has 0 atom stereocenters. The summed E-state index contributed by atoms with van der Waals surface area (Å²) in [5, 5.41) is 12.2.